The van der Waals surface area contributed by atoms with Gasteiger partial charge in [0, 0.05) is 26.2 Å². The fraction of sp³-hybridized carbons (Fsp3) is 1.00. The SMILES string of the molecule is CS(=O)(=O)OP(=O)(N1CCCC1)N1CCCC1. The van der Waals surface area contributed by atoms with Gasteiger partial charge in [0.2, 0.25) is 0 Å². The minimum atomic E-state index is -3.70. The van der Waals surface area contributed by atoms with Gasteiger partial charge in [0.25, 0.3) is 10.1 Å². The van der Waals surface area contributed by atoms with Gasteiger partial charge in [-0.15, -0.1) is 0 Å². The van der Waals surface area contributed by atoms with Gasteiger partial charge in [0.05, 0.1) is 6.26 Å². The highest BCUT2D eigenvalue weighted by Crippen LogP contribution is 2.57. The zero-order valence-corrected chi connectivity index (χ0v) is 11.8. The first-order chi connectivity index (χ1) is 7.92. The molecule has 2 heterocycles. The molecule has 0 aliphatic carbocycles. The Hall–Kier alpha value is 0.0600. The molecule has 17 heavy (non-hydrogen) atoms. The van der Waals surface area contributed by atoms with Crippen LogP contribution >= 0.6 is 7.67 Å². The van der Waals surface area contributed by atoms with Crippen LogP contribution < -0.4 is 0 Å². The second-order valence-corrected chi connectivity index (χ2v) is 8.71. The molecule has 100 valence electrons. The van der Waals surface area contributed by atoms with Crippen LogP contribution in [0.2, 0.25) is 0 Å². The van der Waals surface area contributed by atoms with E-state index in [0.29, 0.717) is 26.2 Å². The van der Waals surface area contributed by atoms with Crippen molar-refractivity contribution in [2.24, 2.45) is 0 Å². The van der Waals surface area contributed by atoms with Gasteiger partial charge in [-0.25, -0.2) is 9.34 Å². The van der Waals surface area contributed by atoms with E-state index in [4.69, 9.17) is 3.97 Å². The Labute approximate surface area is 103 Å². The molecule has 2 rings (SSSR count). The van der Waals surface area contributed by atoms with Crippen LogP contribution in [0.3, 0.4) is 0 Å². The second-order valence-electron chi connectivity index (χ2n) is 4.59. The van der Waals surface area contributed by atoms with Gasteiger partial charge in [-0.05, 0) is 25.7 Å². The predicted molar refractivity (Wildman–Crippen MR) is 65.1 cm³/mol. The van der Waals surface area contributed by atoms with Crippen molar-refractivity contribution < 1.29 is 17.0 Å². The Bertz CT molecular complexity index is 393. The van der Waals surface area contributed by atoms with Crippen molar-refractivity contribution in [3.8, 4) is 0 Å². The fourth-order valence-electron chi connectivity index (χ4n) is 2.36. The molecule has 0 radical (unpaired) electrons. The topological polar surface area (TPSA) is 66.9 Å². The molecular weight excluding hydrogens is 263 g/mol. The predicted octanol–water partition coefficient (Wildman–Crippen LogP) is 1.26. The average Bonchev–Trinajstić information content (AvgIpc) is 2.89. The van der Waals surface area contributed by atoms with Crippen molar-refractivity contribution in [3.63, 3.8) is 0 Å². The van der Waals surface area contributed by atoms with Crippen LogP contribution in [-0.2, 0) is 18.7 Å². The minimum absolute atomic E-state index is 0.656. The van der Waals surface area contributed by atoms with Crippen LogP contribution in [0.25, 0.3) is 0 Å². The Balaban J connectivity index is 2.24. The van der Waals surface area contributed by atoms with Crippen molar-refractivity contribution in [2.75, 3.05) is 32.4 Å². The van der Waals surface area contributed by atoms with Crippen molar-refractivity contribution in [1.82, 2.24) is 9.34 Å². The third-order valence-corrected chi connectivity index (χ3v) is 7.20. The Kier molecular flexibility index (Phi) is 3.95. The molecule has 0 aromatic carbocycles. The van der Waals surface area contributed by atoms with E-state index < -0.39 is 17.8 Å². The maximum Gasteiger partial charge on any atom is 0.360 e. The molecule has 2 aliphatic heterocycles. The smallest absolute Gasteiger partial charge is 0.254 e. The standard InChI is InChI=1S/C9H19N2O4PS/c1-17(13,14)15-16(12,10-6-2-3-7-10)11-8-4-5-9-11/h2-9H2,1H3. The molecule has 0 bridgehead atoms. The highest BCUT2D eigenvalue weighted by molar-refractivity contribution is 7.90. The summed E-state index contributed by atoms with van der Waals surface area (Å²) in [4.78, 5) is 0. The van der Waals surface area contributed by atoms with E-state index in [2.05, 4.69) is 0 Å². The highest BCUT2D eigenvalue weighted by atomic mass is 32.2. The van der Waals surface area contributed by atoms with E-state index in [1.54, 1.807) is 9.34 Å². The summed E-state index contributed by atoms with van der Waals surface area (Å²) in [5, 5.41) is 0. The molecule has 0 saturated carbocycles. The van der Waals surface area contributed by atoms with Gasteiger partial charge >= 0.3 is 7.67 Å². The first-order valence-electron chi connectivity index (χ1n) is 5.94. The van der Waals surface area contributed by atoms with Crippen LogP contribution in [0.4, 0.5) is 0 Å². The van der Waals surface area contributed by atoms with Gasteiger partial charge in [0.15, 0.2) is 0 Å². The second kappa shape index (κ2) is 4.97. The zero-order valence-electron chi connectivity index (χ0n) is 10.0. The first kappa shape index (κ1) is 13.5. The van der Waals surface area contributed by atoms with E-state index in [-0.39, 0.29) is 0 Å². The lowest BCUT2D eigenvalue weighted by atomic mass is 10.4. The highest BCUT2D eigenvalue weighted by Gasteiger charge is 2.43. The van der Waals surface area contributed by atoms with E-state index >= 15 is 0 Å². The fourth-order valence-corrected chi connectivity index (χ4v) is 6.46. The normalized spacial score (nSPS) is 24.5. The first-order valence-corrected chi connectivity index (χ1v) is 9.29. The van der Waals surface area contributed by atoms with Crippen LogP contribution in [0.1, 0.15) is 25.7 Å². The average molecular weight is 282 g/mol. The molecule has 0 aromatic heterocycles. The van der Waals surface area contributed by atoms with Crippen LogP contribution in [0.5, 0.6) is 0 Å². The largest absolute Gasteiger partial charge is 0.360 e. The van der Waals surface area contributed by atoms with Crippen LogP contribution in [0, 0.1) is 0 Å². The molecule has 0 amide bonds. The van der Waals surface area contributed by atoms with Crippen molar-refractivity contribution >= 4 is 17.8 Å². The number of nitrogens with zero attached hydrogens (tertiary/aromatic N) is 2. The summed E-state index contributed by atoms with van der Waals surface area (Å²) in [6.45, 7) is 2.62. The van der Waals surface area contributed by atoms with Gasteiger partial charge in [-0.3, -0.25) is 4.57 Å². The number of rotatable bonds is 4. The monoisotopic (exact) mass is 282 g/mol. The van der Waals surface area contributed by atoms with E-state index in [1.165, 1.54) is 0 Å². The van der Waals surface area contributed by atoms with E-state index in [1.807, 2.05) is 0 Å². The molecule has 8 heteroatoms. The summed E-state index contributed by atoms with van der Waals surface area (Å²) in [5.41, 5.74) is 0. The van der Waals surface area contributed by atoms with Gasteiger partial charge in [-0.1, -0.05) is 0 Å². The third kappa shape index (κ3) is 3.09. The Morgan fingerprint density at radius 2 is 1.29 bits per heavy atom. The van der Waals surface area contributed by atoms with Gasteiger partial charge in [-0.2, -0.15) is 12.4 Å². The van der Waals surface area contributed by atoms with Crippen molar-refractivity contribution in [1.29, 1.82) is 0 Å². The zero-order chi connectivity index (χ0) is 12.5. The lowest BCUT2D eigenvalue weighted by Gasteiger charge is -2.32. The van der Waals surface area contributed by atoms with Gasteiger partial charge < -0.3 is 0 Å². The maximum atomic E-state index is 12.9. The minimum Gasteiger partial charge on any atom is -0.254 e. The van der Waals surface area contributed by atoms with Crippen LogP contribution in [-0.4, -0.2) is 50.2 Å². The summed E-state index contributed by atoms with van der Waals surface area (Å²) in [6.07, 6.45) is 4.76. The molecule has 0 N–H and O–H groups in total. The molecule has 0 unspecified atom stereocenters. The van der Waals surface area contributed by atoms with Crippen molar-refractivity contribution in [3.05, 3.63) is 0 Å². The summed E-state index contributed by atoms with van der Waals surface area (Å²) in [6, 6.07) is 0. The van der Waals surface area contributed by atoms with E-state index in [0.717, 1.165) is 31.9 Å². The molecule has 0 aromatic rings. The summed E-state index contributed by atoms with van der Waals surface area (Å²) in [7, 11) is -7.06. The Morgan fingerprint density at radius 3 is 1.59 bits per heavy atom. The third-order valence-electron chi connectivity index (χ3n) is 3.11. The summed E-state index contributed by atoms with van der Waals surface area (Å²) < 4.78 is 43.9. The molecule has 0 atom stereocenters. The Morgan fingerprint density at radius 1 is 0.941 bits per heavy atom. The molecule has 2 saturated heterocycles. The number of hydrogen-bond acceptors (Lipinski definition) is 4. The lowest BCUT2D eigenvalue weighted by molar-refractivity contribution is 0.317. The molecule has 2 fully saturated rings. The lowest BCUT2D eigenvalue weighted by Crippen LogP contribution is -2.30. The summed E-state index contributed by atoms with van der Waals surface area (Å²) >= 11 is 0. The molecule has 6 nitrogen and oxygen atoms in total. The molecular formula is C9H19N2O4PS. The molecule has 2 aliphatic rings. The maximum absolute atomic E-state index is 12.9. The van der Waals surface area contributed by atoms with Crippen LogP contribution in [0.15, 0.2) is 0 Å². The quantitative estimate of drug-likeness (QED) is 0.723. The van der Waals surface area contributed by atoms with Gasteiger partial charge in [0.1, 0.15) is 0 Å². The van der Waals surface area contributed by atoms with Crippen molar-refractivity contribution in [2.45, 2.75) is 25.7 Å². The van der Waals surface area contributed by atoms with E-state index in [9.17, 15) is 13.0 Å². The molecule has 0 spiro atoms. The summed E-state index contributed by atoms with van der Waals surface area (Å²) in [5.74, 6) is 0. The number of hydrogen-bond donors (Lipinski definition) is 0.